The Hall–Kier alpha value is -2.20. The predicted octanol–water partition coefficient (Wildman–Crippen LogP) is 2.00. The summed E-state index contributed by atoms with van der Waals surface area (Å²) in [5.41, 5.74) is 7.53. The molecule has 5 rings (SSSR count). The Kier molecular flexibility index (Phi) is 3.48. The van der Waals surface area contributed by atoms with Gasteiger partial charge in [-0.2, -0.15) is 4.52 Å². The number of thioether (sulfide) groups is 1. The molecule has 1 aliphatic rings. The summed E-state index contributed by atoms with van der Waals surface area (Å²) in [4.78, 5) is 18.4. The molecule has 0 fully saturated rings. The van der Waals surface area contributed by atoms with E-state index in [4.69, 9.17) is 5.73 Å². The number of carbonyl (C=O) groups is 1. The molecule has 0 aliphatic heterocycles. The largest absolute Gasteiger partial charge is 0.369 e. The number of fused-ring (bicyclic) bond motifs is 8. The lowest BCUT2D eigenvalue weighted by molar-refractivity contribution is -0.115. The Labute approximate surface area is 156 Å². The second-order valence-corrected chi connectivity index (χ2v) is 8.83. The fourth-order valence-corrected chi connectivity index (χ4v) is 5.72. The molecule has 1 aliphatic carbocycles. The summed E-state index contributed by atoms with van der Waals surface area (Å²) in [5, 5.41) is 14.9. The standard InChI is InChI=1S/C16H17N7OS2/c1-7-3-4-10-9(5-7)12-13-18-8(2)21-23(13)15-19-20-16(25-6-11(17)24)22(15)14(12)26-10/h7H,3-6H2,1-2H3,(H2,17,24)/t7-/m1/s1. The lowest BCUT2D eigenvalue weighted by Gasteiger charge is -2.17. The minimum Gasteiger partial charge on any atom is -0.369 e. The van der Waals surface area contributed by atoms with Crippen LogP contribution in [0.15, 0.2) is 5.16 Å². The van der Waals surface area contributed by atoms with E-state index in [1.54, 1.807) is 15.9 Å². The van der Waals surface area contributed by atoms with Gasteiger partial charge in [0.15, 0.2) is 10.8 Å². The molecule has 0 saturated carbocycles. The van der Waals surface area contributed by atoms with Crippen LogP contribution < -0.4 is 5.73 Å². The average molecular weight is 387 g/mol. The van der Waals surface area contributed by atoms with Gasteiger partial charge >= 0.3 is 0 Å². The van der Waals surface area contributed by atoms with E-state index < -0.39 is 0 Å². The van der Waals surface area contributed by atoms with Gasteiger partial charge in [-0.25, -0.2) is 9.38 Å². The zero-order chi connectivity index (χ0) is 18.0. The van der Waals surface area contributed by atoms with Crippen molar-refractivity contribution < 1.29 is 4.79 Å². The maximum Gasteiger partial charge on any atom is 0.260 e. The summed E-state index contributed by atoms with van der Waals surface area (Å²) < 4.78 is 3.77. The third-order valence-electron chi connectivity index (χ3n) is 4.78. The van der Waals surface area contributed by atoms with Crippen LogP contribution in [0.1, 0.15) is 29.6 Å². The molecule has 2 N–H and O–H groups in total. The number of rotatable bonds is 3. The van der Waals surface area contributed by atoms with Crippen LogP contribution in [0.2, 0.25) is 0 Å². The minimum atomic E-state index is -0.375. The summed E-state index contributed by atoms with van der Waals surface area (Å²) in [7, 11) is 0. The zero-order valence-electron chi connectivity index (χ0n) is 14.4. The number of nitrogens with two attached hydrogens (primary N) is 1. The third kappa shape index (κ3) is 2.25. The van der Waals surface area contributed by atoms with Crippen molar-refractivity contribution >= 4 is 50.6 Å². The normalized spacial score (nSPS) is 17.4. The molecule has 0 aromatic carbocycles. The molecule has 0 saturated heterocycles. The van der Waals surface area contributed by atoms with E-state index in [0.717, 1.165) is 28.7 Å². The number of thiophene rings is 1. The number of carbonyl (C=O) groups excluding carboxylic acids is 1. The summed E-state index contributed by atoms with van der Waals surface area (Å²) in [6.45, 7) is 4.18. The number of hydrogen-bond donors (Lipinski definition) is 1. The Morgan fingerprint density at radius 2 is 2.27 bits per heavy atom. The van der Waals surface area contributed by atoms with E-state index in [1.165, 1.54) is 28.6 Å². The highest BCUT2D eigenvalue weighted by atomic mass is 32.2. The average Bonchev–Trinajstić information content (AvgIpc) is 3.26. The quantitative estimate of drug-likeness (QED) is 0.539. The predicted molar refractivity (Wildman–Crippen MR) is 101 cm³/mol. The fourth-order valence-electron chi connectivity index (χ4n) is 3.65. The summed E-state index contributed by atoms with van der Waals surface area (Å²) in [6.07, 6.45) is 3.34. The summed E-state index contributed by atoms with van der Waals surface area (Å²) in [5.74, 6) is 1.77. The molecule has 1 atom stereocenters. The van der Waals surface area contributed by atoms with Crippen molar-refractivity contribution in [2.75, 3.05) is 5.75 Å². The highest BCUT2D eigenvalue weighted by molar-refractivity contribution is 7.99. The van der Waals surface area contributed by atoms with Crippen molar-refractivity contribution in [3.63, 3.8) is 0 Å². The molecule has 0 spiro atoms. The van der Waals surface area contributed by atoms with Crippen LogP contribution in [0.5, 0.6) is 0 Å². The fraction of sp³-hybridized carbons (Fsp3) is 0.438. The number of aromatic nitrogens is 6. The Morgan fingerprint density at radius 1 is 1.42 bits per heavy atom. The van der Waals surface area contributed by atoms with Gasteiger partial charge in [0.25, 0.3) is 5.78 Å². The highest BCUT2D eigenvalue weighted by Gasteiger charge is 2.27. The first-order valence-electron chi connectivity index (χ1n) is 8.48. The topological polar surface area (TPSA) is 103 Å². The van der Waals surface area contributed by atoms with Gasteiger partial charge < -0.3 is 5.73 Å². The van der Waals surface area contributed by atoms with Crippen molar-refractivity contribution in [3.8, 4) is 0 Å². The molecule has 1 amide bonds. The summed E-state index contributed by atoms with van der Waals surface area (Å²) in [6, 6.07) is 0. The molecule has 8 nitrogen and oxygen atoms in total. The first-order valence-corrected chi connectivity index (χ1v) is 10.3. The molecule has 4 aromatic heterocycles. The molecule has 0 radical (unpaired) electrons. The number of primary amides is 1. The van der Waals surface area contributed by atoms with E-state index >= 15 is 0 Å². The van der Waals surface area contributed by atoms with E-state index in [9.17, 15) is 4.79 Å². The van der Waals surface area contributed by atoms with E-state index in [-0.39, 0.29) is 11.7 Å². The van der Waals surface area contributed by atoms with Gasteiger partial charge in [-0.3, -0.25) is 4.79 Å². The van der Waals surface area contributed by atoms with Crippen LogP contribution in [-0.2, 0) is 17.6 Å². The van der Waals surface area contributed by atoms with Gasteiger partial charge in [-0.05, 0) is 37.7 Å². The van der Waals surface area contributed by atoms with Gasteiger partial charge in [-0.1, -0.05) is 18.7 Å². The first-order chi connectivity index (χ1) is 12.5. The van der Waals surface area contributed by atoms with Crippen molar-refractivity contribution in [3.05, 3.63) is 16.3 Å². The minimum absolute atomic E-state index is 0.166. The van der Waals surface area contributed by atoms with Crippen LogP contribution >= 0.6 is 23.1 Å². The molecule has 0 unspecified atom stereocenters. The molecular weight excluding hydrogens is 370 g/mol. The van der Waals surface area contributed by atoms with Crippen LogP contribution in [0.4, 0.5) is 0 Å². The third-order valence-corrected chi connectivity index (χ3v) is 7.01. The second-order valence-electron chi connectivity index (χ2n) is 6.80. The molecule has 4 aromatic rings. The Balaban J connectivity index is 1.89. The zero-order valence-corrected chi connectivity index (χ0v) is 16.0. The van der Waals surface area contributed by atoms with Crippen molar-refractivity contribution in [2.24, 2.45) is 11.7 Å². The number of nitrogens with zero attached hydrogens (tertiary/aromatic N) is 6. The monoisotopic (exact) mass is 387 g/mol. The second kappa shape index (κ2) is 5.65. The maximum absolute atomic E-state index is 11.2. The maximum atomic E-state index is 11.2. The van der Waals surface area contributed by atoms with E-state index in [1.807, 2.05) is 11.3 Å². The Bertz CT molecular complexity index is 1190. The smallest absolute Gasteiger partial charge is 0.260 e. The lowest BCUT2D eigenvalue weighted by Crippen LogP contribution is -2.13. The van der Waals surface area contributed by atoms with Crippen molar-refractivity contribution in [1.29, 1.82) is 0 Å². The van der Waals surface area contributed by atoms with Gasteiger partial charge in [-0.15, -0.1) is 26.6 Å². The van der Waals surface area contributed by atoms with E-state index in [2.05, 4.69) is 27.2 Å². The van der Waals surface area contributed by atoms with Gasteiger partial charge in [0.05, 0.1) is 11.1 Å². The molecule has 10 heteroatoms. The lowest BCUT2D eigenvalue weighted by atomic mass is 9.89. The molecule has 4 heterocycles. The molecule has 26 heavy (non-hydrogen) atoms. The number of aryl methyl sites for hydroxylation is 2. The Morgan fingerprint density at radius 3 is 3.08 bits per heavy atom. The SMILES string of the molecule is Cc1nc2c3c4c(sc3n3c(SCC(N)=O)nnc3n2n1)CC[C@@H](C)C4. The van der Waals surface area contributed by atoms with Crippen LogP contribution in [0.25, 0.3) is 21.6 Å². The van der Waals surface area contributed by atoms with Crippen LogP contribution in [0, 0.1) is 12.8 Å². The van der Waals surface area contributed by atoms with E-state index in [0.29, 0.717) is 22.7 Å². The van der Waals surface area contributed by atoms with Gasteiger partial charge in [0.2, 0.25) is 5.91 Å². The highest BCUT2D eigenvalue weighted by Crippen LogP contribution is 2.40. The van der Waals surface area contributed by atoms with Crippen molar-refractivity contribution in [1.82, 2.24) is 29.2 Å². The molecular formula is C16H17N7OS2. The van der Waals surface area contributed by atoms with Gasteiger partial charge in [0.1, 0.15) is 10.7 Å². The first kappa shape index (κ1) is 16.0. The van der Waals surface area contributed by atoms with Gasteiger partial charge in [0, 0.05) is 4.88 Å². The molecule has 0 bridgehead atoms. The number of amides is 1. The summed E-state index contributed by atoms with van der Waals surface area (Å²) >= 11 is 3.08. The van der Waals surface area contributed by atoms with Crippen LogP contribution in [-0.4, -0.2) is 40.9 Å². The van der Waals surface area contributed by atoms with Crippen LogP contribution in [0.3, 0.4) is 0 Å². The molecule has 134 valence electrons. The van der Waals surface area contributed by atoms with Crippen molar-refractivity contribution in [2.45, 2.75) is 38.3 Å². The number of hydrogen-bond acceptors (Lipinski definition) is 7.